The Morgan fingerprint density at radius 1 is 1.09 bits per heavy atom. The van der Waals surface area contributed by atoms with Gasteiger partial charge in [0.05, 0.1) is 0 Å². The van der Waals surface area contributed by atoms with E-state index in [1.54, 1.807) is 0 Å². The second-order valence-electron chi connectivity index (χ2n) is 5.60. The van der Waals surface area contributed by atoms with Crippen LogP contribution >= 0.6 is 11.6 Å². The van der Waals surface area contributed by atoms with Crippen LogP contribution in [0.15, 0.2) is 48.5 Å². The fourth-order valence-corrected chi connectivity index (χ4v) is 2.73. The van der Waals surface area contributed by atoms with Gasteiger partial charge in [0, 0.05) is 18.1 Å². The van der Waals surface area contributed by atoms with E-state index in [0.29, 0.717) is 13.2 Å². The van der Waals surface area contributed by atoms with Gasteiger partial charge in [0.25, 0.3) is 0 Å². The summed E-state index contributed by atoms with van der Waals surface area (Å²) in [5.74, 6) is 1.68. The Labute approximate surface area is 142 Å². The van der Waals surface area contributed by atoms with Crippen molar-refractivity contribution in [3.8, 4) is 11.5 Å². The molecule has 2 aromatic rings. The predicted octanol–water partition coefficient (Wildman–Crippen LogP) is 4.26. The maximum atomic E-state index is 6.15. The summed E-state index contributed by atoms with van der Waals surface area (Å²) in [6.45, 7) is 2.94. The summed E-state index contributed by atoms with van der Waals surface area (Å²) in [6.07, 6.45) is 4.18. The molecule has 23 heavy (non-hydrogen) atoms. The van der Waals surface area contributed by atoms with E-state index in [9.17, 15) is 0 Å². The summed E-state index contributed by atoms with van der Waals surface area (Å²) in [4.78, 5) is 2.23. The number of halogens is 1. The van der Waals surface area contributed by atoms with Crippen LogP contribution < -0.4 is 9.47 Å². The lowest BCUT2D eigenvalue weighted by molar-refractivity contribution is 0.171. The molecule has 2 aromatic carbocycles. The largest absolute Gasteiger partial charge is 0.486 e. The van der Waals surface area contributed by atoms with Crippen molar-refractivity contribution in [1.82, 2.24) is 4.90 Å². The van der Waals surface area contributed by atoms with Gasteiger partial charge < -0.3 is 9.47 Å². The molecule has 0 fully saturated rings. The second-order valence-corrected chi connectivity index (χ2v) is 6.01. The lowest BCUT2D eigenvalue weighted by Gasteiger charge is -2.20. The molecule has 1 heterocycles. The third kappa shape index (κ3) is 4.27. The van der Waals surface area contributed by atoms with Crippen molar-refractivity contribution in [2.45, 2.75) is 6.54 Å². The summed E-state index contributed by atoms with van der Waals surface area (Å²) in [5.41, 5.74) is 2.25. The van der Waals surface area contributed by atoms with Gasteiger partial charge in [0.2, 0.25) is 0 Å². The van der Waals surface area contributed by atoms with Crippen LogP contribution in [0, 0.1) is 0 Å². The first-order valence-corrected chi connectivity index (χ1v) is 8.08. The molecule has 1 aliphatic heterocycles. The van der Waals surface area contributed by atoms with Crippen LogP contribution in [-0.4, -0.2) is 31.7 Å². The highest BCUT2D eigenvalue weighted by Gasteiger charge is 2.12. The molecule has 1 aliphatic rings. The molecule has 0 saturated heterocycles. The minimum absolute atomic E-state index is 0.618. The summed E-state index contributed by atoms with van der Waals surface area (Å²) in [7, 11) is 2.09. The van der Waals surface area contributed by atoms with E-state index in [1.807, 2.05) is 30.3 Å². The van der Waals surface area contributed by atoms with Crippen molar-refractivity contribution in [2.75, 3.05) is 26.8 Å². The third-order valence-corrected chi connectivity index (χ3v) is 4.02. The Morgan fingerprint density at radius 2 is 1.87 bits per heavy atom. The van der Waals surface area contributed by atoms with Gasteiger partial charge in [-0.05, 0) is 36.4 Å². The van der Waals surface area contributed by atoms with Crippen molar-refractivity contribution in [1.29, 1.82) is 0 Å². The summed E-state index contributed by atoms with van der Waals surface area (Å²) < 4.78 is 11.2. The average Bonchev–Trinajstić information content (AvgIpc) is 2.56. The molecule has 120 valence electrons. The van der Waals surface area contributed by atoms with Crippen molar-refractivity contribution in [3.63, 3.8) is 0 Å². The third-order valence-electron chi connectivity index (χ3n) is 3.68. The van der Waals surface area contributed by atoms with Crippen molar-refractivity contribution >= 4 is 17.7 Å². The second kappa shape index (κ2) is 7.53. The number of ether oxygens (including phenoxy) is 2. The molecule has 3 rings (SSSR count). The first-order chi connectivity index (χ1) is 11.2. The van der Waals surface area contributed by atoms with Crippen LogP contribution in [0.3, 0.4) is 0 Å². The Balaban J connectivity index is 1.57. The molecule has 0 spiro atoms. The van der Waals surface area contributed by atoms with Crippen LogP contribution in [-0.2, 0) is 6.54 Å². The van der Waals surface area contributed by atoms with Crippen LogP contribution in [0.4, 0.5) is 0 Å². The molecule has 0 atom stereocenters. The monoisotopic (exact) mass is 329 g/mol. The lowest BCUT2D eigenvalue weighted by Crippen LogP contribution is -2.19. The van der Waals surface area contributed by atoms with Gasteiger partial charge in [-0.2, -0.15) is 0 Å². The molecule has 3 nitrogen and oxygen atoms in total. The summed E-state index contributed by atoms with van der Waals surface area (Å²) in [6, 6.07) is 14.0. The normalized spacial score (nSPS) is 13.7. The molecular formula is C19H20ClNO2. The highest BCUT2D eigenvalue weighted by Crippen LogP contribution is 2.31. The molecule has 4 heteroatoms. The Morgan fingerprint density at radius 3 is 2.70 bits per heavy atom. The van der Waals surface area contributed by atoms with Gasteiger partial charge >= 0.3 is 0 Å². The van der Waals surface area contributed by atoms with Crippen LogP contribution in [0.5, 0.6) is 11.5 Å². The minimum atomic E-state index is 0.618. The van der Waals surface area contributed by atoms with Gasteiger partial charge in [-0.15, -0.1) is 0 Å². The minimum Gasteiger partial charge on any atom is -0.486 e. The Kier molecular flexibility index (Phi) is 5.21. The highest BCUT2D eigenvalue weighted by atomic mass is 35.5. The van der Waals surface area contributed by atoms with Gasteiger partial charge in [0.1, 0.15) is 13.2 Å². The zero-order valence-electron chi connectivity index (χ0n) is 13.2. The molecule has 0 bridgehead atoms. The topological polar surface area (TPSA) is 21.7 Å². The quantitative estimate of drug-likeness (QED) is 0.818. The molecule has 0 amide bonds. The average molecular weight is 330 g/mol. The zero-order valence-corrected chi connectivity index (χ0v) is 13.9. The lowest BCUT2D eigenvalue weighted by atomic mass is 10.1. The molecule has 0 radical (unpaired) electrons. The summed E-state index contributed by atoms with van der Waals surface area (Å²) in [5, 5.41) is 0.776. The van der Waals surface area contributed by atoms with E-state index < -0.39 is 0 Å². The molecule has 0 N–H and O–H groups in total. The Bertz CT molecular complexity index is 700. The van der Waals surface area contributed by atoms with E-state index in [0.717, 1.165) is 35.2 Å². The van der Waals surface area contributed by atoms with E-state index in [1.165, 1.54) is 5.56 Å². The first kappa shape index (κ1) is 15.9. The molecule has 0 aliphatic carbocycles. The highest BCUT2D eigenvalue weighted by molar-refractivity contribution is 6.32. The number of rotatable bonds is 5. The number of benzene rings is 2. The fourth-order valence-electron chi connectivity index (χ4n) is 2.53. The standard InChI is InChI=1S/C19H20ClNO2/c1-21(10-4-6-16-5-2-3-7-17(16)20)14-15-8-9-18-19(13-15)23-12-11-22-18/h2-9,13H,10-12,14H2,1H3. The van der Waals surface area contributed by atoms with Crippen LogP contribution in [0.2, 0.25) is 5.02 Å². The number of hydrogen-bond acceptors (Lipinski definition) is 3. The maximum absolute atomic E-state index is 6.15. The molecule has 0 unspecified atom stereocenters. The van der Waals surface area contributed by atoms with Gasteiger partial charge in [-0.25, -0.2) is 0 Å². The van der Waals surface area contributed by atoms with Gasteiger partial charge in [0.15, 0.2) is 11.5 Å². The smallest absolute Gasteiger partial charge is 0.161 e. The van der Waals surface area contributed by atoms with Gasteiger partial charge in [-0.3, -0.25) is 4.90 Å². The van der Waals surface area contributed by atoms with E-state index in [4.69, 9.17) is 21.1 Å². The number of hydrogen-bond donors (Lipinski definition) is 0. The molecular weight excluding hydrogens is 310 g/mol. The van der Waals surface area contributed by atoms with Crippen molar-refractivity contribution in [3.05, 3.63) is 64.7 Å². The number of likely N-dealkylation sites (N-methyl/N-ethyl adjacent to an activating group) is 1. The van der Waals surface area contributed by atoms with Gasteiger partial charge in [-0.1, -0.05) is 48.0 Å². The predicted molar refractivity (Wildman–Crippen MR) is 94.3 cm³/mol. The fraction of sp³-hybridized carbons (Fsp3) is 0.263. The number of fused-ring (bicyclic) bond motifs is 1. The van der Waals surface area contributed by atoms with Crippen LogP contribution in [0.1, 0.15) is 11.1 Å². The van der Waals surface area contributed by atoms with E-state index >= 15 is 0 Å². The maximum Gasteiger partial charge on any atom is 0.161 e. The SMILES string of the molecule is CN(CC=Cc1ccccc1Cl)Cc1ccc2c(c1)OCCO2. The van der Waals surface area contributed by atoms with Crippen molar-refractivity contribution < 1.29 is 9.47 Å². The molecule has 0 saturated carbocycles. The zero-order chi connectivity index (χ0) is 16.1. The van der Waals surface area contributed by atoms with Crippen molar-refractivity contribution in [2.24, 2.45) is 0 Å². The Hall–Kier alpha value is -1.97. The van der Waals surface area contributed by atoms with Crippen LogP contribution in [0.25, 0.3) is 6.08 Å². The van der Waals surface area contributed by atoms with E-state index in [2.05, 4.69) is 36.2 Å². The molecule has 0 aromatic heterocycles. The summed E-state index contributed by atoms with van der Waals surface area (Å²) >= 11 is 6.15. The first-order valence-electron chi connectivity index (χ1n) is 7.70. The van der Waals surface area contributed by atoms with E-state index in [-0.39, 0.29) is 0 Å². The number of nitrogens with zero attached hydrogens (tertiary/aromatic N) is 1.